The molecule has 0 aromatic carbocycles. The molecule has 0 unspecified atom stereocenters. The van der Waals surface area contributed by atoms with Gasteiger partial charge < -0.3 is 9.26 Å². The lowest BCUT2D eigenvalue weighted by Crippen LogP contribution is -2.09. The first-order valence-electron chi connectivity index (χ1n) is 7.93. The summed E-state index contributed by atoms with van der Waals surface area (Å²) in [7, 11) is 0. The maximum atomic E-state index is 6.03. The number of nitrogens with zero attached hydrogens (tertiary/aromatic N) is 3. The topological polar surface area (TPSA) is 61.0 Å². The van der Waals surface area contributed by atoms with Crippen LogP contribution in [0.2, 0.25) is 0 Å². The van der Waals surface area contributed by atoms with Crippen molar-refractivity contribution in [2.45, 2.75) is 46.6 Å². The third kappa shape index (κ3) is 2.51. The number of hydrogen-bond acceptors (Lipinski definition) is 6. The molecule has 0 radical (unpaired) electrons. The highest BCUT2D eigenvalue weighted by Crippen LogP contribution is 2.40. The number of rotatable bonds is 3. The van der Waals surface area contributed by atoms with Crippen LogP contribution in [-0.2, 0) is 19.4 Å². The fourth-order valence-corrected chi connectivity index (χ4v) is 4.55. The summed E-state index contributed by atoms with van der Waals surface area (Å²) in [6.45, 7) is 6.57. The third-order valence-corrected chi connectivity index (χ3v) is 5.75. The minimum atomic E-state index is 0.425. The predicted octanol–water partition coefficient (Wildman–Crippen LogP) is 4.00. The van der Waals surface area contributed by atoms with Crippen molar-refractivity contribution in [2.75, 3.05) is 0 Å². The molecule has 0 fully saturated rings. The highest BCUT2D eigenvalue weighted by molar-refractivity contribution is 7.18. The van der Waals surface area contributed by atoms with E-state index in [9.17, 15) is 0 Å². The van der Waals surface area contributed by atoms with Gasteiger partial charge in [-0.05, 0) is 44.6 Å². The van der Waals surface area contributed by atoms with E-state index in [1.165, 1.54) is 16.9 Å². The van der Waals surface area contributed by atoms with E-state index >= 15 is 0 Å². The number of thiophene rings is 1. The van der Waals surface area contributed by atoms with Crippen molar-refractivity contribution in [3.8, 4) is 5.88 Å². The van der Waals surface area contributed by atoms with Crippen molar-refractivity contribution in [2.24, 2.45) is 5.92 Å². The highest BCUT2D eigenvalue weighted by Gasteiger charge is 2.24. The fraction of sp³-hybridized carbons (Fsp3) is 0.471. The Morgan fingerprint density at radius 1 is 1.35 bits per heavy atom. The summed E-state index contributed by atoms with van der Waals surface area (Å²) in [6.07, 6.45) is 5.04. The standard InChI is InChI=1S/C17H19N3O2S/c1-9-4-5-12-14(6-9)23-17-15(12)16(18-8-19-17)21-7-13-10(2)20-22-11(13)3/h8-9H,4-7H2,1-3H3/t9-/m1/s1. The lowest BCUT2D eigenvalue weighted by atomic mass is 9.89. The molecule has 0 saturated heterocycles. The van der Waals surface area contributed by atoms with Crippen LogP contribution in [-0.4, -0.2) is 15.1 Å². The van der Waals surface area contributed by atoms with Gasteiger partial charge >= 0.3 is 0 Å². The molecule has 5 nitrogen and oxygen atoms in total. The van der Waals surface area contributed by atoms with Gasteiger partial charge in [-0.15, -0.1) is 11.3 Å². The summed E-state index contributed by atoms with van der Waals surface area (Å²) < 4.78 is 11.2. The molecule has 1 atom stereocenters. The molecule has 0 spiro atoms. The average molecular weight is 329 g/mol. The van der Waals surface area contributed by atoms with E-state index in [4.69, 9.17) is 9.26 Å². The van der Waals surface area contributed by atoms with Crippen LogP contribution >= 0.6 is 11.3 Å². The van der Waals surface area contributed by atoms with Gasteiger partial charge in [0.15, 0.2) is 0 Å². The summed E-state index contributed by atoms with van der Waals surface area (Å²) in [5.41, 5.74) is 3.25. The molecule has 3 heterocycles. The van der Waals surface area contributed by atoms with E-state index in [1.807, 2.05) is 13.8 Å². The lowest BCUT2D eigenvalue weighted by molar-refractivity contribution is 0.293. The first kappa shape index (κ1) is 14.6. The zero-order valence-corrected chi connectivity index (χ0v) is 14.4. The molecular formula is C17H19N3O2S. The number of aromatic nitrogens is 3. The van der Waals surface area contributed by atoms with Gasteiger partial charge in [0.2, 0.25) is 5.88 Å². The van der Waals surface area contributed by atoms with Crippen LogP contribution in [0.4, 0.5) is 0 Å². The van der Waals surface area contributed by atoms with Crippen LogP contribution in [0.1, 0.15) is 40.8 Å². The van der Waals surface area contributed by atoms with Crippen LogP contribution in [0.5, 0.6) is 5.88 Å². The maximum absolute atomic E-state index is 6.03. The molecule has 0 bridgehead atoms. The molecule has 0 amide bonds. The second kappa shape index (κ2) is 5.60. The molecule has 4 rings (SSSR count). The molecule has 1 aliphatic rings. The first-order chi connectivity index (χ1) is 11.1. The SMILES string of the molecule is Cc1noc(C)c1COc1ncnc2sc3c(c12)CC[C@@H](C)C3. The molecule has 3 aromatic heterocycles. The van der Waals surface area contributed by atoms with Crippen molar-refractivity contribution in [1.29, 1.82) is 0 Å². The Morgan fingerprint density at radius 3 is 3.00 bits per heavy atom. The summed E-state index contributed by atoms with van der Waals surface area (Å²) >= 11 is 1.79. The quantitative estimate of drug-likeness (QED) is 0.727. The Labute approximate surface area is 138 Å². The largest absolute Gasteiger partial charge is 0.472 e. The van der Waals surface area contributed by atoms with E-state index in [1.54, 1.807) is 17.7 Å². The summed E-state index contributed by atoms with van der Waals surface area (Å²) in [4.78, 5) is 11.3. The van der Waals surface area contributed by atoms with Crippen molar-refractivity contribution in [3.63, 3.8) is 0 Å². The molecule has 0 saturated carbocycles. The van der Waals surface area contributed by atoms with E-state index < -0.39 is 0 Å². The summed E-state index contributed by atoms with van der Waals surface area (Å²) in [5.74, 6) is 2.23. The number of ether oxygens (including phenoxy) is 1. The van der Waals surface area contributed by atoms with Gasteiger partial charge in [-0.25, -0.2) is 9.97 Å². The van der Waals surface area contributed by atoms with Gasteiger partial charge in [0, 0.05) is 4.88 Å². The van der Waals surface area contributed by atoms with Crippen LogP contribution in [0.3, 0.4) is 0 Å². The van der Waals surface area contributed by atoms with Gasteiger partial charge in [0.05, 0.1) is 16.6 Å². The van der Waals surface area contributed by atoms with Crippen molar-refractivity contribution in [3.05, 3.63) is 33.8 Å². The Balaban J connectivity index is 1.70. The second-order valence-corrected chi connectivity index (χ2v) is 7.39. The Bertz CT molecular complexity index is 849. The Hall–Kier alpha value is -1.95. The zero-order chi connectivity index (χ0) is 16.0. The van der Waals surface area contributed by atoms with E-state index in [2.05, 4.69) is 22.0 Å². The molecule has 0 aliphatic heterocycles. The van der Waals surface area contributed by atoms with Gasteiger partial charge in [-0.2, -0.15) is 0 Å². The van der Waals surface area contributed by atoms with E-state index in [0.717, 1.165) is 46.0 Å². The second-order valence-electron chi connectivity index (χ2n) is 6.30. The van der Waals surface area contributed by atoms with Gasteiger partial charge in [0.25, 0.3) is 0 Å². The number of fused-ring (bicyclic) bond motifs is 3. The van der Waals surface area contributed by atoms with Crippen molar-refractivity contribution in [1.82, 2.24) is 15.1 Å². The third-order valence-electron chi connectivity index (χ3n) is 4.59. The van der Waals surface area contributed by atoms with Gasteiger partial charge in [-0.3, -0.25) is 0 Å². The molecule has 3 aromatic rings. The average Bonchev–Trinajstić information content (AvgIpc) is 3.05. The molecular weight excluding hydrogens is 310 g/mol. The normalized spacial score (nSPS) is 17.4. The monoisotopic (exact) mass is 329 g/mol. The lowest BCUT2D eigenvalue weighted by Gasteiger charge is -2.18. The molecule has 23 heavy (non-hydrogen) atoms. The van der Waals surface area contributed by atoms with Crippen molar-refractivity contribution >= 4 is 21.6 Å². The maximum Gasteiger partial charge on any atom is 0.225 e. The first-order valence-corrected chi connectivity index (χ1v) is 8.75. The molecule has 120 valence electrons. The van der Waals surface area contributed by atoms with E-state index in [-0.39, 0.29) is 0 Å². The number of aryl methyl sites for hydroxylation is 3. The van der Waals surface area contributed by atoms with Crippen LogP contribution < -0.4 is 4.74 Å². The molecule has 6 heteroatoms. The summed E-state index contributed by atoms with van der Waals surface area (Å²) in [5, 5.41) is 5.08. The minimum Gasteiger partial charge on any atom is -0.472 e. The predicted molar refractivity (Wildman–Crippen MR) is 88.9 cm³/mol. The molecule has 0 N–H and O–H groups in total. The minimum absolute atomic E-state index is 0.425. The fourth-order valence-electron chi connectivity index (χ4n) is 3.20. The molecule has 1 aliphatic carbocycles. The van der Waals surface area contributed by atoms with E-state index in [0.29, 0.717) is 12.5 Å². The number of hydrogen-bond donors (Lipinski definition) is 0. The smallest absolute Gasteiger partial charge is 0.225 e. The van der Waals surface area contributed by atoms with Crippen LogP contribution in [0.25, 0.3) is 10.2 Å². The zero-order valence-electron chi connectivity index (χ0n) is 13.5. The highest BCUT2D eigenvalue weighted by atomic mass is 32.1. The Morgan fingerprint density at radius 2 is 2.22 bits per heavy atom. The van der Waals surface area contributed by atoms with Gasteiger partial charge in [-0.1, -0.05) is 12.1 Å². The van der Waals surface area contributed by atoms with Crippen molar-refractivity contribution < 1.29 is 9.26 Å². The van der Waals surface area contributed by atoms with Crippen LogP contribution in [0.15, 0.2) is 10.9 Å². The van der Waals surface area contributed by atoms with Gasteiger partial charge in [0.1, 0.15) is 23.5 Å². The Kier molecular flexibility index (Phi) is 3.56. The summed E-state index contributed by atoms with van der Waals surface area (Å²) in [6, 6.07) is 0. The van der Waals surface area contributed by atoms with Crippen LogP contribution in [0, 0.1) is 19.8 Å².